The molecule has 0 atom stereocenters. The van der Waals surface area contributed by atoms with Crippen LogP contribution in [-0.2, 0) is 0 Å². The van der Waals surface area contributed by atoms with E-state index in [2.05, 4.69) is 12.6 Å². The van der Waals surface area contributed by atoms with Crippen LogP contribution in [0.25, 0.3) is 0 Å². The van der Waals surface area contributed by atoms with Gasteiger partial charge in [0.05, 0.1) is 6.07 Å². The van der Waals surface area contributed by atoms with Crippen molar-refractivity contribution in [1.29, 1.82) is 5.26 Å². The minimum Gasteiger partial charge on any atom is -0.198 e. The molecule has 0 spiro atoms. The maximum atomic E-state index is 8.21. The highest BCUT2D eigenvalue weighted by Crippen LogP contribution is 2.33. The molecule has 0 aliphatic heterocycles. The Kier molecular flexibility index (Phi) is 1.34. The quantitative estimate of drug-likeness (QED) is 0.469. The van der Waals surface area contributed by atoms with Crippen molar-refractivity contribution in [1.82, 2.24) is 0 Å². The van der Waals surface area contributed by atoms with Crippen LogP contribution in [-0.4, -0.2) is 0 Å². The monoisotopic (exact) mass is 107 g/mol. The molecule has 42 valence electrons. The van der Waals surface area contributed by atoms with E-state index in [1.807, 2.05) is 0 Å². The molecular weight excluding hydrogens is 98.1 g/mol. The van der Waals surface area contributed by atoms with E-state index < -0.39 is 0 Å². The van der Waals surface area contributed by atoms with Crippen molar-refractivity contribution in [3.63, 3.8) is 0 Å². The summed E-state index contributed by atoms with van der Waals surface area (Å²) in [5.41, 5.74) is 1.31. The first kappa shape index (κ1) is 5.37. The molecule has 0 unspecified atom stereocenters. The third-order valence-corrected chi connectivity index (χ3v) is 1.53. The van der Waals surface area contributed by atoms with Crippen LogP contribution in [0, 0.1) is 17.2 Å². The van der Waals surface area contributed by atoms with Crippen LogP contribution in [0.2, 0.25) is 0 Å². The average Bonchev–Trinajstić information content (AvgIpc) is 1.64. The summed E-state index contributed by atoms with van der Waals surface area (Å²) in [6, 6.07) is 2.15. The summed E-state index contributed by atoms with van der Waals surface area (Å²) >= 11 is 0. The lowest BCUT2D eigenvalue weighted by Crippen LogP contribution is -2.12. The highest BCUT2D eigenvalue weighted by molar-refractivity contribution is 5.08. The SMILES string of the molecule is C=C1CC(CC#N)C1. The van der Waals surface area contributed by atoms with Crippen molar-refractivity contribution in [2.24, 2.45) is 5.92 Å². The van der Waals surface area contributed by atoms with Crippen LogP contribution >= 0.6 is 0 Å². The molecule has 1 aliphatic rings. The molecule has 0 bridgehead atoms. The molecule has 1 saturated carbocycles. The third-order valence-electron chi connectivity index (χ3n) is 1.53. The Labute approximate surface area is 49.6 Å². The fraction of sp³-hybridized carbons (Fsp3) is 0.571. The summed E-state index contributed by atoms with van der Waals surface area (Å²) in [5.74, 6) is 0.646. The van der Waals surface area contributed by atoms with Crippen LogP contribution in [0.5, 0.6) is 0 Å². The maximum Gasteiger partial charge on any atom is 0.0624 e. The number of nitriles is 1. The molecule has 0 aromatic rings. The number of rotatable bonds is 1. The lowest BCUT2D eigenvalue weighted by atomic mass is 9.79. The molecule has 1 aliphatic carbocycles. The predicted octanol–water partition coefficient (Wildman–Crippen LogP) is 1.87. The Morgan fingerprint density at radius 1 is 1.75 bits per heavy atom. The van der Waals surface area contributed by atoms with Crippen molar-refractivity contribution in [3.05, 3.63) is 12.2 Å². The summed E-state index contributed by atoms with van der Waals surface area (Å²) in [5, 5.41) is 8.21. The van der Waals surface area contributed by atoms with Gasteiger partial charge in [0.2, 0.25) is 0 Å². The molecule has 1 nitrogen and oxygen atoms in total. The molecule has 1 fully saturated rings. The number of hydrogen-bond acceptors (Lipinski definition) is 1. The van der Waals surface area contributed by atoms with Gasteiger partial charge in [0.1, 0.15) is 0 Å². The Balaban J connectivity index is 2.18. The standard InChI is InChI=1S/C7H9N/c1-6-4-7(5-6)2-3-8/h7H,1-2,4-5H2. The van der Waals surface area contributed by atoms with Gasteiger partial charge in [0.25, 0.3) is 0 Å². The van der Waals surface area contributed by atoms with E-state index in [-0.39, 0.29) is 0 Å². The van der Waals surface area contributed by atoms with E-state index in [1.165, 1.54) is 5.57 Å². The van der Waals surface area contributed by atoms with Gasteiger partial charge in [-0.15, -0.1) is 0 Å². The zero-order valence-electron chi connectivity index (χ0n) is 4.85. The topological polar surface area (TPSA) is 23.8 Å². The van der Waals surface area contributed by atoms with E-state index >= 15 is 0 Å². The van der Waals surface area contributed by atoms with E-state index in [4.69, 9.17) is 5.26 Å². The second-order valence-electron chi connectivity index (χ2n) is 2.39. The van der Waals surface area contributed by atoms with Gasteiger partial charge in [0.15, 0.2) is 0 Å². The van der Waals surface area contributed by atoms with Gasteiger partial charge in [-0.2, -0.15) is 5.26 Å². The Bertz CT molecular complexity index is 133. The Morgan fingerprint density at radius 3 is 2.75 bits per heavy atom. The largest absolute Gasteiger partial charge is 0.198 e. The molecule has 0 radical (unpaired) electrons. The lowest BCUT2D eigenvalue weighted by molar-refractivity contribution is 0.429. The third kappa shape index (κ3) is 0.894. The fourth-order valence-electron chi connectivity index (χ4n) is 1.03. The molecule has 1 rings (SSSR count). The fourth-order valence-corrected chi connectivity index (χ4v) is 1.03. The average molecular weight is 107 g/mol. The number of allylic oxidation sites excluding steroid dienone is 1. The zero-order valence-corrected chi connectivity index (χ0v) is 4.85. The first-order valence-corrected chi connectivity index (χ1v) is 2.86. The van der Waals surface area contributed by atoms with Crippen LogP contribution in [0.15, 0.2) is 12.2 Å². The molecule has 0 aromatic heterocycles. The van der Waals surface area contributed by atoms with Gasteiger partial charge < -0.3 is 0 Å². The first-order valence-electron chi connectivity index (χ1n) is 2.86. The maximum absolute atomic E-state index is 8.21. The minimum absolute atomic E-state index is 0.646. The highest BCUT2D eigenvalue weighted by Gasteiger charge is 2.19. The summed E-state index contributed by atoms with van der Waals surface area (Å²) in [4.78, 5) is 0. The van der Waals surface area contributed by atoms with Crippen LogP contribution in [0.3, 0.4) is 0 Å². The Hall–Kier alpha value is -0.770. The van der Waals surface area contributed by atoms with Crippen molar-refractivity contribution < 1.29 is 0 Å². The van der Waals surface area contributed by atoms with Gasteiger partial charge >= 0.3 is 0 Å². The molecular formula is C7H9N. The highest BCUT2D eigenvalue weighted by atomic mass is 14.3. The van der Waals surface area contributed by atoms with Crippen LogP contribution in [0.1, 0.15) is 19.3 Å². The molecule has 0 N–H and O–H groups in total. The van der Waals surface area contributed by atoms with Crippen LogP contribution < -0.4 is 0 Å². The van der Waals surface area contributed by atoms with Gasteiger partial charge in [-0.3, -0.25) is 0 Å². The molecule has 0 aromatic carbocycles. The smallest absolute Gasteiger partial charge is 0.0624 e. The van der Waals surface area contributed by atoms with E-state index in [1.54, 1.807) is 0 Å². The van der Waals surface area contributed by atoms with Crippen molar-refractivity contribution >= 4 is 0 Å². The zero-order chi connectivity index (χ0) is 5.98. The molecule has 1 heteroatoms. The van der Waals surface area contributed by atoms with Gasteiger partial charge in [-0.25, -0.2) is 0 Å². The number of hydrogen-bond donors (Lipinski definition) is 0. The molecule has 0 saturated heterocycles. The lowest BCUT2D eigenvalue weighted by Gasteiger charge is -2.25. The van der Waals surface area contributed by atoms with Crippen molar-refractivity contribution in [2.75, 3.05) is 0 Å². The van der Waals surface area contributed by atoms with Crippen molar-refractivity contribution in [3.8, 4) is 6.07 Å². The van der Waals surface area contributed by atoms with Gasteiger partial charge in [-0.05, 0) is 18.8 Å². The molecule has 0 amide bonds. The Morgan fingerprint density at radius 2 is 2.38 bits per heavy atom. The summed E-state index contributed by atoms with van der Waals surface area (Å²) in [6.45, 7) is 3.78. The van der Waals surface area contributed by atoms with Crippen molar-refractivity contribution in [2.45, 2.75) is 19.3 Å². The van der Waals surface area contributed by atoms with E-state index in [9.17, 15) is 0 Å². The summed E-state index contributed by atoms with van der Waals surface area (Å²) in [7, 11) is 0. The predicted molar refractivity (Wildman–Crippen MR) is 32.1 cm³/mol. The molecule has 8 heavy (non-hydrogen) atoms. The number of nitrogens with zero attached hydrogens (tertiary/aromatic N) is 1. The first-order chi connectivity index (χ1) is 3.83. The summed E-state index contributed by atoms with van der Waals surface area (Å²) in [6.07, 6.45) is 2.90. The van der Waals surface area contributed by atoms with E-state index in [0.717, 1.165) is 19.3 Å². The summed E-state index contributed by atoms with van der Waals surface area (Å²) < 4.78 is 0. The van der Waals surface area contributed by atoms with Gasteiger partial charge in [0, 0.05) is 6.42 Å². The minimum atomic E-state index is 0.646. The second kappa shape index (κ2) is 2.00. The van der Waals surface area contributed by atoms with Crippen LogP contribution in [0.4, 0.5) is 0 Å². The second-order valence-corrected chi connectivity index (χ2v) is 2.39. The molecule has 0 heterocycles. The van der Waals surface area contributed by atoms with Gasteiger partial charge in [-0.1, -0.05) is 12.2 Å². The van der Waals surface area contributed by atoms with E-state index in [0.29, 0.717) is 5.92 Å². The normalized spacial score (nSPS) is 19.6.